The fourth-order valence-electron chi connectivity index (χ4n) is 16.6. The number of rotatable bonds is 11. The molecule has 0 aliphatic carbocycles. The zero-order valence-electron chi connectivity index (χ0n) is 76.6. The van der Waals surface area contributed by atoms with Crippen molar-refractivity contribution in [3.63, 3.8) is 0 Å². The van der Waals surface area contributed by atoms with E-state index in [1.807, 2.05) is 6.07 Å². The van der Waals surface area contributed by atoms with Crippen LogP contribution in [0.25, 0.3) is 0 Å². The number of fused-ring (bicyclic) bond motifs is 5. The molecule has 7 aromatic carbocycles. The number of hydrogen-bond acceptors (Lipinski definition) is 16. The summed E-state index contributed by atoms with van der Waals surface area (Å²) in [6.45, 7) is 45.1. The van der Waals surface area contributed by atoms with Gasteiger partial charge >= 0.3 is 0 Å². The molecule has 9 aliphatic heterocycles. The van der Waals surface area contributed by atoms with E-state index in [1.54, 1.807) is 0 Å². The van der Waals surface area contributed by atoms with Gasteiger partial charge in [-0.1, -0.05) is 165 Å². The summed E-state index contributed by atoms with van der Waals surface area (Å²) in [7, 11) is 21.2. The second-order valence-electron chi connectivity index (χ2n) is 34.7. The van der Waals surface area contributed by atoms with E-state index < -0.39 is 0 Å². The lowest BCUT2D eigenvalue weighted by molar-refractivity contribution is 0.163. The first-order valence-corrected chi connectivity index (χ1v) is 42.8. The second-order valence-corrected chi connectivity index (χ2v) is 34.7. The van der Waals surface area contributed by atoms with Crippen LogP contribution in [0.15, 0.2) is 237 Å². The molecule has 6 atom stereocenters. The number of nitrogens with zero attached hydrogens (tertiary/aromatic N) is 16. The van der Waals surface area contributed by atoms with Gasteiger partial charge in [-0.25, -0.2) is 0 Å². The molecule has 0 bridgehead atoms. The van der Waals surface area contributed by atoms with Crippen molar-refractivity contribution in [3.8, 4) is 0 Å². The van der Waals surface area contributed by atoms with Gasteiger partial charge in [0, 0.05) is 149 Å². The Morgan fingerprint density at radius 3 is 1.04 bits per heavy atom. The maximum absolute atomic E-state index is 2.56. The van der Waals surface area contributed by atoms with E-state index in [9.17, 15) is 0 Å². The molecule has 0 spiro atoms. The maximum atomic E-state index is 2.56. The fourth-order valence-corrected chi connectivity index (χ4v) is 16.6. The SMILES string of the molecule is CC(C)Cc1cccc(CC(C)C)c1N1c2ccccc2N(C)C1C.CC(C)N1C=CN(C)C1C.CC(C)N1c2ccccc2N(C)C1C.CC(C)c1cccc(C(C)C)c1N1c2ccccc2N(C)C1C.CC1N(C)C=C2C=CC=CN21.CC1N(C)C=CN1C.CC1N(C)C=CN1c1ccccc1.CC1N(C)c2ccccc2N1C. The minimum atomic E-state index is 0.324. The highest BCUT2D eigenvalue weighted by Gasteiger charge is 2.37. The highest BCUT2D eigenvalue weighted by Crippen LogP contribution is 2.50. The highest BCUT2D eigenvalue weighted by atomic mass is 15.4. The molecule has 0 N–H and O–H groups in total. The van der Waals surface area contributed by atoms with E-state index in [0.29, 0.717) is 85.1 Å². The highest BCUT2D eigenvalue weighted by molar-refractivity contribution is 5.87. The van der Waals surface area contributed by atoms with Crippen molar-refractivity contribution in [1.29, 1.82) is 0 Å². The summed E-state index contributed by atoms with van der Waals surface area (Å²) in [5.41, 5.74) is 21.8. The quantitative estimate of drug-likeness (QED) is 0.123. The van der Waals surface area contributed by atoms with Crippen molar-refractivity contribution >= 4 is 62.6 Å². The summed E-state index contributed by atoms with van der Waals surface area (Å²) >= 11 is 0. The third-order valence-electron chi connectivity index (χ3n) is 24.6. The van der Waals surface area contributed by atoms with Crippen molar-refractivity contribution in [2.24, 2.45) is 11.8 Å². The zero-order chi connectivity index (χ0) is 84.8. The third-order valence-corrected chi connectivity index (χ3v) is 24.6. The van der Waals surface area contributed by atoms with Crippen molar-refractivity contribution in [3.05, 3.63) is 260 Å². The van der Waals surface area contributed by atoms with Crippen LogP contribution >= 0.6 is 0 Å². The molecule has 9 aliphatic rings. The van der Waals surface area contributed by atoms with Crippen LogP contribution in [0.1, 0.15) is 173 Å². The number of allylic oxidation sites excluding steroid dienone is 3. The van der Waals surface area contributed by atoms with Crippen LogP contribution in [-0.2, 0) is 12.8 Å². The molecule has 16 heteroatoms. The van der Waals surface area contributed by atoms with Gasteiger partial charge in [-0.15, -0.1) is 0 Å². The lowest BCUT2D eigenvalue weighted by Gasteiger charge is -2.33. The zero-order valence-corrected chi connectivity index (χ0v) is 76.6. The largest absolute Gasteiger partial charge is 0.359 e. The summed E-state index contributed by atoms with van der Waals surface area (Å²) in [5, 5.41) is 0. The average molecular weight is 1570 g/mol. The lowest BCUT2D eigenvalue weighted by atomic mass is 9.91. The molecule has 0 radical (unpaired) electrons. The Balaban J connectivity index is 0.000000156. The maximum Gasteiger partial charge on any atom is 0.103 e. The van der Waals surface area contributed by atoms with Gasteiger partial charge in [-0.3, -0.25) is 0 Å². The number of anilines is 11. The minimum absolute atomic E-state index is 0.324. The number of para-hydroxylation sites is 11. The minimum Gasteiger partial charge on any atom is -0.359 e. The third kappa shape index (κ3) is 20.4. The first kappa shape index (κ1) is 89.7. The molecule has 0 saturated carbocycles. The molecular weight excluding hydrogens is 1430 g/mol. The summed E-state index contributed by atoms with van der Waals surface area (Å²) in [6, 6.07) is 59.9. The van der Waals surface area contributed by atoms with Gasteiger partial charge in [0.2, 0.25) is 0 Å². The van der Waals surface area contributed by atoms with Crippen LogP contribution in [0.2, 0.25) is 0 Å². The Kier molecular flexibility index (Phi) is 31.0. The van der Waals surface area contributed by atoms with Crippen LogP contribution in [-0.4, -0.2) is 166 Å². The molecule has 9 heterocycles. The predicted molar refractivity (Wildman–Crippen MR) is 504 cm³/mol. The standard InChI is InChI=1S/C23H32N2.C21H28N2.C12H18N2.C11H14N2.C10H14N2.C9H12N2.C8H16N2.C6H12N2/c1-16(2)14-19-10-9-11-20(15-17(3)4)23(19)25-18(5)24(6)21-12-7-8-13-22(21)25;1-14(2)17-10-9-11-18(15(3)4)21(17)23-16(5)22(6)19-12-7-8-13-20(19)23;1-9(2)14-10(3)13(4)11-7-5-6-8-12(11)14;1-10-12(2)8-9-13(10)11-6-4-3-5-7-11;1-8-11(2)9-6-4-5-7-10(9)12(8)3;1-8-10(2)7-9-5-3-4-6-11(8)9;1-7(2)10-6-5-9(4)8(10)3;1-6-7(2)4-5-8(6)3/h7-13,16-18H,14-15H2,1-6H3;7-16H,1-6H3;5-10H,1-4H3;3-10H,1-2H3;4-8H,1-3H3;3-8H,1-2H3;5-8H,1-4H3;4-6H,1-3H3. The molecule has 0 amide bonds. The van der Waals surface area contributed by atoms with Gasteiger partial charge in [-0.05, 0) is 215 Å². The Bertz CT molecular complexity index is 4360. The van der Waals surface area contributed by atoms with Crippen LogP contribution in [0.4, 0.5) is 62.6 Å². The smallest absolute Gasteiger partial charge is 0.103 e. The fraction of sp³-hybridized carbons (Fsp3) is 0.460. The van der Waals surface area contributed by atoms with Gasteiger partial charge < -0.3 is 78.4 Å². The molecular formula is C100H146N16. The molecule has 116 heavy (non-hydrogen) atoms. The Labute approximate surface area is 703 Å². The van der Waals surface area contributed by atoms with E-state index in [1.165, 1.54) is 90.5 Å². The second kappa shape index (κ2) is 40.1. The van der Waals surface area contributed by atoms with E-state index in [2.05, 4.69) is 513 Å². The summed E-state index contributed by atoms with van der Waals surface area (Å²) < 4.78 is 0. The van der Waals surface area contributed by atoms with Crippen LogP contribution in [0.5, 0.6) is 0 Å². The normalized spacial score (nSPS) is 19.9. The average Bonchev–Trinajstić information content (AvgIpc) is 1.62. The summed E-state index contributed by atoms with van der Waals surface area (Å²) in [4.78, 5) is 37.0. The Morgan fingerprint density at radius 1 is 0.284 bits per heavy atom. The van der Waals surface area contributed by atoms with Crippen LogP contribution < -0.4 is 44.1 Å². The van der Waals surface area contributed by atoms with E-state index >= 15 is 0 Å². The Morgan fingerprint density at radius 2 is 0.655 bits per heavy atom. The predicted octanol–water partition coefficient (Wildman–Crippen LogP) is 22.4. The monoisotopic (exact) mass is 1570 g/mol. The van der Waals surface area contributed by atoms with Crippen LogP contribution in [0, 0.1) is 11.8 Å². The topological polar surface area (TPSA) is 51.8 Å². The molecule has 16 nitrogen and oxygen atoms in total. The molecule has 0 fully saturated rings. The van der Waals surface area contributed by atoms with Gasteiger partial charge in [0.1, 0.15) is 24.7 Å². The van der Waals surface area contributed by atoms with Gasteiger partial charge in [-0.2, -0.15) is 0 Å². The molecule has 0 aromatic heterocycles. The van der Waals surface area contributed by atoms with Crippen molar-refractivity contribution < 1.29 is 0 Å². The van der Waals surface area contributed by atoms with Gasteiger partial charge in [0.25, 0.3) is 0 Å². The van der Waals surface area contributed by atoms with Crippen molar-refractivity contribution in [2.45, 2.75) is 225 Å². The first-order valence-electron chi connectivity index (χ1n) is 42.8. The van der Waals surface area contributed by atoms with Crippen molar-refractivity contribution in [1.82, 2.24) is 34.3 Å². The molecule has 7 aromatic rings. The molecule has 16 rings (SSSR count). The van der Waals surface area contributed by atoms with E-state index in [-0.39, 0.29) is 0 Å². The molecule has 626 valence electrons. The van der Waals surface area contributed by atoms with E-state index in [0.717, 1.165) is 12.8 Å². The molecule has 0 saturated heterocycles. The first-order chi connectivity index (χ1) is 55.1. The van der Waals surface area contributed by atoms with Gasteiger partial charge in [0.15, 0.2) is 0 Å². The van der Waals surface area contributed by atoms with Crippen molar-refractivity contribution in [2.75, 3.05) is 115 Å². The summed E-state index contributed by atoms with van der Waals surface area (Å²) in [6.07, 6.45) is 28.9. The van der Waals surface area contributed by atoms with Gasteiger partial charge in [0.05, 0.1) is 75.9 Å². The number of hydrogen-bond donors (Lipinski definition) is 0. The summed E-state index contributed by atoms with van der Waals surface area (Å²) in [5.74, 6) is 2.32. The molecule has 6 unspecified atom stereocenters. The lowest BCUT2D eigenvalue weighted by Crippen LogP contribution is -2.42. The van der Waals surface area contributed by atoms with Crippen LogP contribution in [0.3, 0.4) is 0 Å². The van der Waals surface area contributed by atoms with E-state index in [4.69, 9.17) is 0 Å². The number of benzene rings is 7. The Hall–Kier alpha value is -10.2.